The Morgan fingerprint density at radius 2 is 1.88 bits per heavy atom. The summed E-state index contributed by atoms with van der Waals surface area (Å²) in [7, 11) is 0. The Bertz CT molecular complexity index is 705. The quantitative estimate of drug-likeness (QED) is 0.821. The highest BCUT2D eigenvalue weighted by Gasteiger charge is 2.35. The van der Waals surface area contributed by atoms with Crippen molar-refractivity contribution in [1.29, 1.82) is 0 Å². The van der Waals surface area contributed by atoms with E-state index >= 15 is 0 Å². The summed E-state index contributed by atoms with van der Waals surface area (Å²) in [4.78, 5) is 15.9. The van der Waals surface area contributed by atoms with E-state index in [9.17, 15) is 27.5 Å². The van der Waals surface area contributed by atoms with Gasteiger partial charge in [-0.3, -0.25) is 9.78 Å². The molecule has 1 amide bonds. The van der Waals surface area contributed by atoms with Crippen LogP contribution in [0.1, 0.15) is 21.5 Å². The zero-order valence-electron chi connectivity index (χ0n) is 12.3. The maximum Gasteiger partial charge on any atom is 0.419 e. The highest BCUT2D eigenvalue weighted by atomic mass is 19.4. The van der Waals surface area contributed by atoms with E-state index < -0.39 is 41.7 Å². The van der Waals surface area contributed by atoms with Crippen molar-refractivity contribution in [3.63, 3.8) is 0 Å². The molecule has 2 N–H and O–H groups in total. The first-order chi connectivity index (χ1) is 11.3. The maximum atomic E-state index is 13.9. The molecule has 4 nitrogen and oxygen atoms in total. The number of hydrogen-bond donors (Lipinski definition) is 2. The first-order valence-electron chi connectivity index (χ1n) is 6.99. The number of hydrogen-bond acceptors (Lipinski definition) is 3. The first-order valence-corrected chi connectivity index (χ1v) is 6.99. The minimum atomic E-state index is -4.90. The SMILES string of the molecule is O=C(NC(CO)Cc1ccncc1)c1cccc(C(F)(F)F)c1F. The van der Waals surface area contributed by atoms with Crippen molar-refractivity contribution in [2.45, 2.75) is 18.6 Å². The van der Waals surface area contributed by atoms with Crippen molar-refractivity contribution in [1.82, 2.24) is 10.3 Å². The molecular formula is C16H14F4N2O2. The lowest BCUT2D eigenvalue weighted by Gasteiger charge is -2.17. The number of nitrogens with one attached hydrogen (secondary N) is 1. The van der Waals surface area contributed by atoms with Gasteiger partial charge in [-0.2, -0.15) is 13.2 Å². The van der Waals surface area contributed by atoms with Gasteiger partial charge in [-0.1, -0.05) is 6.07 Å². The molecule has 128 valence electrons. The minimum Gasteiger partial charge on any atom is -0.394 e. The van der Waals surface area contributed by atoms with Crippen molar-refractivity contribution in [3.05, 3.63) is 65.2 Å². The summed E-state index contributed by atoms with van der Waals surface area (Å²) in [5, 5.41) is 11.7. The summed E-state index contributed by atoms with van der Waals surface area (Å²) in [6, 6.07) is 5.04. The standard InChI is InChI=1S/C16H14F4N2O2/c17-14-12(2-1-3-13(14)16(18,19)20)15(24)22-11(9-23)8-10-4-6-21-7-5-10/h1-7,11,23H,8-9H2,(H,22,24). The van der Waals surface area contributed by atoms with Crippen LogP contribution in [0.5, 0.6) is 0 Å². The van der Waals surface area contributed by atoms with Gasteiger partial charge in [0.1, 0.15) is 5.82 Å². The number of carbonyl (C=O) groups is 1. The van der Waals surface area contributed by atoms with E-state index in [4.69, 9.17) is 0 Å². The number of alkyl halides is 3. The average Bonchev–Trinajstić information content (AvgIpc) is 2.54. The topological polar surface area (TPSA) is 62.2 Å². The fraction of sp³-hybridized carbons (Fsp3) is 0.250. The highest BCUT2D eigenvalue weighted by Crippen LogP contribution is 2.32. The van der Waals surface area contributed by atoms with E-state index in [1.807, 2.05) is 0 Å². The molecule has 1 heterocycles. The van der Waals surface area contributed by atoms with Crippen LogP contribution in [0.15, 0.2) is 42.7 Å². The molecule has 0 aliphatic carbocycles. The first kappa shape index (κ1) is 17.9. The van der Waals surface area contributed by atoms with E-state index in [0.717, 1.165) is 17.7 Å². The number of aliphatic hydroxyl groups excluding tert-OH is 1. The molecule has 0 radical (unpaired) electrons. The summed E-state index contributed by atoms with van der Waals surface area (Å²) >= 11 is 0. The molecule has 8 heteroatoms. The van der Waals surface area contributed by atoms with Gasteiger partial charge in [-0.05, 0) is 36.2 Å². The van der Waals surface area contributed by atoms with Crippen LogP contribution in [0.2, 0.25) is 0 Å². The summed E-state index contributed by atoms with van der Waals surface area (Å²) in [5.41, 5.74) is -1.48. The van der Waals surface area contributed by atoms with E-state index in [0.29, 0.717) is 6.07 Å². The summed E-state index contributed by atoms with van der Waals surface area (Å²) in [6.45, 7) is -0.450. The summed E-state index contributed by atoms with van der Waals surface area (Å²) in [6.07, 6.45) is -1.62. The molecule has 1 unspecified atom stereocenters. The van der Waals surface area contributed by atoms with Crippen LogP contribution in [0.3, 0.4) is 0 Å². The number of nitrogens with zero attached hydrogens (tertiary/aromatic N) is 1. The number of pyridine rings is 1. The number of rotatable bonds is 5. The average molecular weight is 342 g/mol. The van der Waals surface area contributed by atoms with Gasteiger partial charge in [0.05, 0.1) is 23.8 Å². The Hall–Kier alpha value is -2.48. The van der Waals surface area contributed by atoms with Gasteiger partial charge >= 0.3 is 6.18 Å². The molecule has 0 spiro atoms. The Labute approximate surface area is 135 Å². The predicted octanol–water partition coefficient (Wildman–Crippen LogP) is 2.57. The second-order valence-electron chi connectivity index (χ2n) is 5.08. The molecule has 24 heavy (non-hydrogen) atoms. The monoisotopic (exact) mass is 342 g/mol. The Balaban J connectivity index is 2.16. The van der Waals surface area contributed by atoms with Gasteiger partial charge in [0.15, 0.2) is 0 Å². The smallest absolute Gasteiger partial charge is 0.394 e. The van der Waals surface area contributed by atoms with Crippen LogP contribution < -0.4 is 5.32 Å². The zero-order valence-corrected chi connectivity index (χ0v) is 12.3. The predicted molar refractivity (Wildman–Crippen MR) is 77.7 cm³/mol. The van der Waals surface area contributed by atoms with Crippen molar-refractivity contribution >= 4 is 5.91 Å². The largest absolute Gasteiger partial charge is 0.419 e. The molecule has 0 aliphatic heterocycles. The van der Waals surface area contributed by atoms with Gasteiger partial charge < -0.3 is 10.4 Å². The number of amides is 1. The number of benzene rings is 1. The maximum absolute atomic E-state index is 13.9. The fourth-order valence-corrected chi connectivity index (χ4v) is 2.15. The fourth-order valence-electron chi connectivity index (χ4n) is 2.15. The van der Waals surface area contributed by atoms with Gasteiger partial charge in [0.25, 0.3) is 5.91 Å². The van der Waals surface area contributed by atoms with Gasteiger partial charge in [-0.15, -0.1) is 0 Å². The lowest BCUT2D eigenvalue weighted by Crippen LogP contribution is -2.39. The van der Waals surface area contributed by atoms with Crippen molar-refractivity contribution in [3.8, 4) is 0 Å². The van der Waals surface area contributed by atoms with Gasteiger partial charge in [0.2, 0.25) is 0 Å². The lowest BCUT2D eigenvalue weighted by atomic mass is 10.1. The minimum absolute atomic E-state index is 0.228. The lowest BCUT2D eigenvalue weighted by molar-refractivity contribution is -0.140. The molecule has 0 saturated carbocycles. The summed E-state index contributed by atoms with van der Waals surface area (Å²) < 4.78 is 52.0. The number of aliphatic hydroxyl groups is 1. The Morgan fingerprint density at radius 3 is 2.46 bits per heavy atom. The molecule has 1 atom stereocenters. The molecule has 1 aromatic heterocycles. The molecular weight excluding hydrogens is 328 g/mol. The van der Waals surface area contributed by atoms with E-state index in [-0.39, 0.29) is 6.42 Å². The highest BCUT2D eigenvalue weighted by molar-refractivity contribution is 5.95. The van der Waals surface area contributed by atoms with Crippen LogP contribution in [0.25, 0.3) is 0 Å². The van der Waals surface area contributed by atoms with Crippen LogP contribution in [0, 0.1) is 5.82 Å². The Morgan fingerprint density at radius 1 is 1.21 bits per heavy atom. The van der Waals surface area contributed by atoms with Crippen LogP contribution in [-0.4, -0.2) is 28.6 Å². The molecule has 0 bridgehead atoms. The van der Waals surface area contributed by atoms with Crippen molar-refractivity contribution in [2.75, 3.05) is 6.61 Å². The second kappa shape index (κ2) is 7.39. The van der Waals surface area contributed by atoms with E-state index in [1.165, 1.54) is 12.4 Å². The number of halogens is 4. The second-order valence-corrected chi connectivity index (χ2v) is 5.08. The third-order valence-electron chi connectivity index (χ3n) is 3.34. The third-order valence-corrected chi connectivity index (χ3v) is 3.34. The molecule has 2 rings (SSSR count). The van der Waals surface area contributed by atoms with Gasteiger partial charge in [0, 0.05) is 12.4 Å². The molecule has 0 aliphatic rings. The van der Waals surface area contributed by atoms with Crippen molar-refractivity contribution in [2.24, 2.45) is 0 Å². The Kier molecular flexibility index (Phi) is 5.50. The van der Waals surface area contributed by atoms with Crippen LogP contribution in [0.4, 0.5) is 17.6 Å². The summed E-state index contributed by atoms with van der Waals surface area (Å²) in [5.74, 6) is -2.66. The van der Waals surface area contributed by atoms with Crippen molar-refractivity contribution < 1.29 is 27.5 Å². The number of carbonyl (C=O) groups excluding carboxylic acids is 1. The number of aromatic nitrogens is 1. The molecule has 1 aromatic carbocycles. The normalized spacial score (nSPS) is 12.7. The van der Waals surface area contributed by atoms with E-state index in [2.05, 4.69) is 10.3 Å². The van der Waals surface area contributed by atoms with E-state index in [1.54, 1.807) is 12.1 Å². The molecule has 0 fully saturated rings. The zero-order chi connectivity index (χ0) is 17.7. The van der Waals surface area contributed by atoms with Crippen LogP contribution in [-0.2, 0) is 12.6 Å². The third kappa shape index (κ3) is 4.29. The molecule has 2 aromatic rings. The van der Waals surface area contributed by atoms with Crippen LogP contribution >= 0.6 is 0 Å². The molecule has 0 saturated heterocycles. The van der Waals surface area contributed by atoms with Gasteiger partial charge in [-0.25, -0.2) is 4.39 Å².